The Hall–Kier alpha value is -0.530. The zero-order valence-corrected chi connectivity index (χ0v) is 13.7. The monoisotopic (exact) mass is 305 g/mol. The Kier molecular flexibility index (Phi) is 4.34. The van der Waals surface area contributed by atoms with Crippen molar-refractivity contribution in [3.8, 4) is 0 Å². The lowest BCUT2D eigenvalue weighted by molar-refractivity contribution is -0.112. The molecule has 1 aromatic rings. The number of benzene rings is 1. The van der Waals surface area contributed by atoms with Gasteiger partial charge in [-0.3, -0.25) is 0 Å². The summed E-state index contributed by atoms with van der Waals surface area (Å²) in [6.07, 6.45) is 10.1. The van der Waals surface area contributed by atoms with Gasteiger partial charge in [0.25, 0.3) is 0 Å². The molecule has 21 heavy (non-hydrogen) atoms. The molecule has 5 rings (SSSR count). The normalized spacial score (nSPS) is 40.0. The highest BCUT2D eigenvalue weighted by Gasteiger charge is 2.55. The standard InChI is InChI=1S/C19H27N.ClH/c20-7-6-19-12-15-8-16(13-19)10-17(9-15)18(19)11-14-4-2-1-3-5-14;/h1-5,15-18H,6-13,20H2;1H. The van der Waals surface area contributed by atoms with Gasteiger partial charge in [0.15, 0.2) is 0 Å². The summed E-state index contributed by atoms with van der Waals surface area (Å²) in [7, 11) is 0. The van der Waals surface area contributed by atoms with E-state index in [1.165, 1.54) is 44.9 Å². The largest absolute Gasteiger partial charge is 0.330 e. The molecule has 3 unspecified atom stereocenters. The Morgan fingerprint density at radius 2 is 1.67 bits per heavy atom. The Bertz CT molecular complexity index is 458. The van der Waals surface area contributed by atoms with Crippen molar-refractivity contribution in [2.45, 2.75) is 44.9 Å². The third-order valence-corrected chi connectivity index (χ3v) is 6.63. The molecule has 3 atom stereocenters. The van der Waals surface area contributed by atoms with Crippen LogP contribution in [-0.4, -0.2) is 6.54 Å². The predicted molar refractivity (Wildman–Crippen MR) is 90.5 cm³/mol. The van der Waals surface area contributed by atoms with Gasteiger partial charge in [0.05, 0.1) is 0 Å². The number of halogens is 1. The van der Waals surface area contributed by atoms with Gasteiger partial charge >= 0.3 is 0 Å². The van der Waals surface area contributed by atoms with Crippen molar-refractivity contribution in [1.29, 1.82) is 0 Å². The smallest absolute Gasteiger partial charge is 0.00719 e. The summed E-state index contributed by atoms with van der Waals surface area (Å²) < 4.78 is 0. The molecule has 0 saturated heterocycles. The van der Waals surface area contributed by atoms with Crippen LogP contribution in [0.25, 0.3) is 0 Å². The fourth-order valence-electron chi connectivity index (χ4n) is 6.24. The molecular weight excluding hydrogens is 278 g/mol. The van der Waals surface area contributed by atoms with Crippen LogP contribution in [0.2, 0.25) is 0 Å². The Labute approximate surface area is 135 Å². The van der Waals surface area contributed by atoms with Gasteiger partial charge in [0.2, 0.25) is 0 Å². The molecule has 4 saturated carbocycles. The molecule has 1 nitrogen and oxygen atoms in total. The molecule has 2 N–H and O–H groups in total. The summed E-state index contributed by atoms with van der Waals surface area (Å²) in [4.78, 5) is 0. The lowest BCUT2D eigenvalue weighted by Crippen LogP contribution is -2.53. The minimum absolute atomic E-state index is 0. The summed E-state index contributed by atoms with van der Waals surface area (Å²) in [5.41, 5.74) is 8.15. The molecular formula is C19H28ClN. The molecule has 4 fully saturated rings. The average molecular weight is 306 g/mol. The highest BCUT2D eigenvalue weighted by molar-refractivity contribution is 5.85. The van der Waals surface area contributed by atoms with Gasteiger partial charge in [-0.2, -0.15) is 0 Å². The molecule has 0 spiro atoms. The topological polar surface area (TPSA) is 26.0 Å². The van der Waals surface area contributed by atoms with Crippen molar-refractivity contribution in [1.82, 2.24) is 0 Å². The first kappa shape index (κ1) is 15.4. The third kappa shape index (κ3) is 2.64. The van der Waals surface area contributed by atoms with Crippen molar-refractivity contribution in [2.24, 2.45) is 34.8 Å². The summed E-state index contributed by atoms with van der Waals surface area (Å²) in [6.45, 7) is 0.886. The average Bonchev–Trinajstić information content (AvgIpc) is 2.43. The van der Waals surface area contributed by atoms with Crippen molar-refractivity contribution in [2.75, 3.05) is 6.54 Å². The molecule has 1 aromatic carbocycles. The number of hydrogen-bond acceptors (Lipinski definition) is 1. The van der Waals surface area contributed by atoms with Crippen molar-refractivity contribution >= 4 is 12.4 Å². The Morgan fingerprint density at radius 3 is 2.29 bits per heavy atom. The van der Waals surface area contributed by atoms with E-state index in [0.29, 0.717) is 5.41 Å². The van der Waals surface area contributed by atoms with Gasteiger partial charge in [-0.05, 0) is 86.1 Å². The quantitative estimate of drug-likeness (QED) is 0.874. The fourth-order valence-corrected chi connectivity index (χ4v) is 6.24. The van der Waals surface area contributed by atoms with Crippen LogP contribution in [0.15, 0.2) is 30.3 Å². The summed E-state index contributed by atoms with van der Waals surface area (Å²) in [5.74, 6) is 3.96. The third-order valence-electron chi connectivity index (χ3n) is 6.63. The second-order valence-electron chi connectivity index (χ2n) is 7.80. The molecule has 0 amide bonds. The molecule has 2 heteroatoms. The Morgan fingerprint density at radius 1 is 1.00 bits per heavy atom. The van der Waals surface area contributed by atoms with E-state index in [9.17, 15) is 0 Å². The summed E-state index contributed by atoms with van der Waals surface area (Å²) in [5, 5.41) is 0. The molecule has 116 valence electrons. The first-order valence-corrected chi connectivity index (χ1v) is 8.53. The van der Waals surface area contributed by atoms with Crippen molar-refractivity contribution in [3.05, 3.63) is 35.9 Å². The van der Waals surface area contributed by atoms with Crippen LogP contribution in [0, 0.1) is 29.1 Å². The highest BCUT2D eigenvalue weighted by atomic mass is 35.5. The second kappa shape index (κ2) is 5.93. The van der Waals surface area contributed by atoms with Crippen LogP contribution in [0.4, 0.5) is 0 Å². The van der Waals surface area contributed by atoms with E-state index in [-0.39, 0.29) is 12.4 Å². The van der Waals surface area contributed by atoms with E-state index in [0.717, 1.165) is 30.2 Å². The lowest BCUT2D eigenvalue weighted by Gasteiger charge is -2.62. The van der Waals surface area contributed by atoms with Gasteiger partial charge in [-0.25, -0.2) is 0 Å². The van der Waals surface area contributed by atoms with Crippen LogP contribution >= 0.6 is 12.4 Å². The Balaban J connectivity index is 0.00000132. The van der Waals surface area contributed by atoms with Crippen molar-refractivity contribution in [3.63, 3.8) is 0 Å². The molecule has 4 aliphatic carbocycles. The summed E-state index contributed by atoms with van der Waals surface area (Å²) in [6, 6.07) is 11.2. The van der Waals surface area contributed by atoms with Gasteiger partial charge in [-0.1, -0.05) is 30.3 Å². The van der Waals surface area contributed by atoms with E-state index >= 15 is 0 Å². The maximum Gasteiger partial charge on any atom is -0.00719 e. The highest BCUT2D eigenvalue weighted by Crippen LogP contribution is 2.64. The SMILES string of the molecule is Cl.NCCC12CC3CC(CC(C3)C1Cc1ccccc1)C2. The van der Waals surface area contributed by atoms with Gasteiger partial charge in [-0.15, -0.1) is 12.4 Å². The van der Waals surface area contributed by atoms with Crippen molar-refractivity contribution < 1.29 is 0 Å². The van der Waals surface area contributed by atoms with E-state index < -0.39 is 0 Å². The van der Waals surface area contributed by atoms with Crippen LogP contribution in [0.1, 0.15) is 44.1 Å². The van der Waals surface area contributed by atoms with Crippen LogP contribution in [0.3, 0.4) is 0 Å². The van der Waals surface area contributed by atoms with Gasteiger partial charge in [0, 0.05) is 0 Å². The van der Waals surface area contributed by atoms with Crippen LogP contribution in [-0.2, 0) is 6.42 Å². The van der Waals surface area contributed by atoms with Crippen LogP contribution in [0.5, 0.6) is 0 Å². The maximum absolute atomic E-state index is 6.01. The first-order valence-electron chi connectivity index (χ1n) is 8.53. The van der Waals surface area contributed by atoms with E-state index in [2.05, 4.69) is 30.3 Å². The first-order chi connectivity index (χ1) is 9.79. The second-order valence-corrected chi connectivity index (χ2v) is 7.80. The lowest BCUT2D eigenvalue weighted by atomic mass is 9.43. The van der Waals surface area contributed by atoms with Gasteiger partial charge in [0.1, 0.15) is 0 Å². The summed E-state index contributed by atoms with van der Waals surface area (Å²) >= 11 is 0. The molecule has 0 heterocycles. The number of hydrogen-bond donors (Lipinski definition) is 1. The zero-order valence-electron chi connectivity index (χ0n) is 12.8. The van der Waals surface area contributed by atoms with E-state index in [4.69, 9.17) is 5.73 Å². The minimum atomic E-state index is 0. The van der Waals surface area contributed by atoms with Gasteiger partial charge < -0.3 is 5.73 Å². The fraction of sp³-hybridized carbons (Fsp3) is 0.684. The van der Waals surface area contributed by atoms with E-state index in [1.807, 2.05) is 0 Å². The van der Waals surface area contributed by atoms with Crippen LogP contribution < -0.4 is 5.73 Å². The van der Waals surface area contributed by atoms with E-state index in [1.54, 1.807) is 5.56 Å². The molecule has 4 aliphatic rings. The minimum Gasteiger partial charge on any atom is -0.330 e. The number of nitrogens with two attached hydrogens (primary N) is 1. The molecule has 0 radical (unpaired) electrons. The predicted octanol–water partition coefficient (Wildman–Crippen LogP) is 4.44. The molecule has 0 aliphatic heterocycles. The number of rotatable bonds is 4. The molecule has 0 aromatic heterocycles. The molecule has 4 bridgehead atoms. The zero-order chi connectivity index (χ0) is 13.6. The maximum atomic E-state index is 6.01.